The summed E-state index contributed by atoms with van der Waals surface area (Å²) in [6, 6.07) is 11.8. The van der Waals surface area contributed by atoms with Crippen molar-refractivity contribution in [3.05, 3.63) is 56.7 Å². The average molecular weight is 548 g/mol. The van der Waals surface area contributed by atoms with E-state index in [-0.39, 0.29) is 11.9 Å². The Morgan fingerprint density at radius 2 is 1.84 bits per heavy atom. The Morgan fingerprint density at radius 1 is 1.16 bits per heavy atom. The van der Waals surface area contributed by atoms with Crippen LogP contribution in [-0.2, 0) is 6.42 Å². The van der Waals surface area contributed by atoms with Gasteiger partial charge in [-0.1, -0.05) is 31.8 Å². The summed E-state index contributed by atoms with van der Waals surface area (Å²) in [5.41, 5.74) is 6.56. The van der Waals surface area contributed by atoms with E-state index < -0.39 is 8.07 Å². The fraction of sp³-hybridized carbons (Fsp3) is 0.400. The molecule has 31 heavy (non-hydrogen) atoms. The van der Waals surface area contributed by atoms with Gasteiger partial charge in [-0.05, 0) is 70.8 Å². The number of rotatable bonds is 5. The highest BCUT2D eigenvalue weighted by Gasteiger charge is 2.33. The molecule has 0 N–H and O–H groups in total. The van der Waals surface area contributed by atoms with E-state index in [1.807, 2.05) is 35.2 Å². The second kappa shape index (κ2) is 10.1. The molecule has 1 atom stereocenters. The molecule has 0 aliphatic carbocycles. The molecule has 2 aromatic carbocycles. The van der Waals surface area contributed by atoms with Crippen LogP contribution in [-0.4, -0.2) is 39.6 Å². The number of hydrogen-bond donors (Lipinski definition) is 0. The van der Waals surface area contributed by atoms with Crippen molar-refractivity contribution in [2.45, 2.75) is 44.9 Å². The molecule has 0 saturated carbocycles. The number of amides is 1. The molecule has 1 aliphatic rings. The lowest BCUT2D eigenvalue weighted by atomic mass is 9.88. The predicted molar refractivity (Wildman–Crippen MR) is 137 cm³/mol. The number of ether oxygens (including phenoxy) is 2. The maximum Gasteiger partial charge on any atom is 0.255 e. The molecule has 0 bridgehead atoms. The van der Waals surface area contributed by atoms with E-state index >= 15 is 0 Å². The molecule has 0 saturated heterocycles. The number of hydrogen-bond acceptors (Lipinski definition) is 3. The van der Waals surface area contributed by atoms with Gasteiger partial charge in [0.05, 0.1) is 25.8 Å². The largest absolute Gasteiger partial charge is 0.493 e. The van der Waals surface area contributed by atoms with E-state index in [1.54, 1.807) is 14.2 Å². The predicted octanol–water partition coefficient (Wildman–Crippen LogP) is 5.71. The Hall–Kier alpha value is -1.98. The van der Waals surface area contributed by atoms with Crippen LogP contribution in [0.15, 0.2) is 36.4 Å². The monoisotopic (exact) mass is 547 g/mol. The first-order valence-corrected chi connectivity index (χ1v) is 15.1. The van der Waals surface area contributed by atoms with Crippen LogP contribution < -0.4 is 9.47 Å². The molecule has 0 spiro atoms. The lowest BCUT2D eigenvalue weighted by molar-refractivity contribution is 0.0650. The fourth-order valence-electron chi connectivity index (χ4n) is 3.91. The first-order chi connectivity index (χ1) is 14.7. The third kappa shape index (κ3) is 5.63. The topological polar surface area (TPSA) is 38.8 Å². The summed E-state index contributed by atoms with van der Waals surface area (Å²) in [6.45, 7) is 7.43. The van der Waals surface area contributed by atoms with Gasteiger partial charge in [-0.3, -0.25) is 4.79 Å². The minimum absolute atomic E-state index is 0.0389. The smallest absolute Gasteiger partial charge is 0.255 e. The van der Waals surface area contributed by atoms with E-state index in [2.05, 4.69) is 59.8 Å². The molecule has 6 heteroatoms. The van der Waals surface area contributed by atoms with Crippen molar-refractivity contribution in [3.8, 4) is 23.0 Å². The van der Waals surface area contributed by atoms with E-state index in [9.17, 15) is 4.79 Å². The molecule has 1 unspecified atom stereocenters. The van der Waals surface area contributed by atoms with Gasteiger partial charge in [0.15, 0.2) is 11.5 Å². The van der Waals surface area contributed by atoms with Gasteiger partial charge >= 0.3 is 0 Å². The number of nitrogens with zero attached hydrogens (tertiary/aromatic N) is 1. The van der Waals surface area contributed by atoms with E-state index in [4.69, 9.17) is 9.47 Å². The summed E-state index contributed by atoms with van der Waals surface area (Å²) in [7, 11) is 1.89. The van der Waals surface area contributed by atoms with Gasteiger partial charge in [-0.2, -0.15) is 0 Å². The van der Waals surface area contributed by atoms with Crippen LogP contribution in [0.5, 0.6) is 11.5 Å². The number of carbonyl (C=O) groups excluding carboxylic acids is 1. The first kappa shape index (κ1) is 23.7. The minimum atomic E-state index is -1.42. The summed E-state index contributed by atoms with van der Waals surface area (Å²) < 4.78 is 12.0. The zero-order chi connectivity index (χ0) is 22.6. The van der Waals surface area contributed by atoms with Crippen molar-refractivity contribution in [2.75, 3.05) is 20.8 Å². The molecule has 3 rings (SSSR count). The number of fused-ring (bicyclic) bond motifs is 1. The second-order valence-corrected chi connectivity index (χ2v) is 14.7. The van der Waals surface area contributed by atoms with Crippen molar-refractivity contribution in [1.82, 2.24) is 4.90 Å². The summed E-state index contributed by atoms with van der Waals surface area (Å²) in [6.07, 6.45) is 2.36. The summed E-state index contributed by atoms with van der Waals surface area (Å²) in [4.78, 5) is 15.6. The molecule has 0 fully saturated rings. The lowest BCUT2D eigenvalue weighted by Crippen LogP contribution is -2.40. The third-order valence-electron chi connectivity index (χ3n) is 5.37. The number of carbonyl (C=O) groups is 1. The van der Waals surface area contributed by atoms with Crippen molar-refractivity contribution in [1.29, 1.82) is 0 Å². The molecule has 1 heterocycles. The fourth-order valence-corrected chi connectivity index (χ4v) is 5.18. The van der Waals surface area contributed by atoms with Crippen molar-refractivity contribution in [2.24, 2.45) is 0 Å². The van der Waals surface area contributed by atoms with E-state index in [0.717, 1.165) is 39.7 Å². The maximum atomic E-state index is 13.5. The first-order valence-electron chi connectivity index (χ1n) is 10.6. The molecular weight excluding hydrogens is 517 g/mol. The molecule has 0 aromatic heterocycles. The van der Waals surface area contributed by atoms with Crippen LogP contribution in [0.4, 0.5) is 0 Å². The normalized spacial score (nSPS) is 15.5. The van der Waals surface area contributed by atoms with Gasteiger partial charge in [0.25, 0.3) is 5.91 Å². The molecule has 4 nitrogen and oxygen atoms in total. The maximum absolute atomic E-state index is 13.5. The number of halogens is 1. The van der Waals surface area contributed by atoms with Crippen molar-refractivity contribution < 1.29 is 14.3 Å². The molecule has 1 aliphatic heterocycles. The number of methoxy groups -OCH3 is 2. The van der Waals surface area contributed by atoms with Crippen LogP contribution in [0.3, 0.4) is 0 Å². The van der Waals surface area contributed by atoms with Crippen molar-refractivity contribution in [3.63, 3.8) is 0 Å². The zero-order valence-corrected chi connectivity index (χ0v) is 22.1. The molecule has 1 amide bonds. The van der Waals surface area contributed by atoms with Gasteiger partial charge in [-0.15, -0.1) is 11.5 Å². The molecule has 2 aromatic rings. The summed E-state index contributed by atoms with van der Waals surface area (Å²) in [5.74, 6) is 4.89. The highest BCUT2D eigenvalue weighted by molar-refractivity contribution is 14.1. The van der Waals surface area contributed by atoms with Crippen molar-refractivity contribution >= 4 is 36.6 Å². The Morgan fingerprint density at radius 3 is 2.48 bits per heavy atom. The average Bonchev–Trinajstić information content (AvgIpc) is 2.74. The van der Waals surface area contributed by atoms with Crippen LogP contribution in [0.25, 0.3) is 0 Å². The van der Waals surface area contributed by atoms with Crippen LogP contribution in [0.1, 0.15) is 40.4 Å². The van der Waals surface area contributed by atoms with Gasteiger partial charge < -0.3 is 14.4 Å². The Balaban J connectivity index is 1.99. The summed E-state index contributed by atoms with van der Waals surface area (Å²) in [5, 5.41) is 0. The lowest BCUT2D eigenvalue weighted by Gasteiger charge is -2.38. The highest BCUT2D eigenvalue weighted by Crippen LogP contribution is 2.40. The van der Waals surface area contributed by atoms with Crippen LogP contribution >= 0.6 is 22.6 Å². The van der Waals surface area contributed by atoms with Gasteiger partial charge in [0.2, 0.25) is 0 Å². The van der Waals surface area contributed by atoms with Crippen LogP contribution in [0, 0.1) is 15.0 Å². The van der Waals surface area contributed by atoms with Gasteiger partial charge in [0.1, 0.15) is 8.07 Å². The van der Waals surface area contributed by atoms with E-state index in [0.29, 0.717) is 12.3 Å². The third-order valence-corrected chi connectivity index (χ3v) is 7.24. The second-order valence-electron chi connectivity index (χ2n) is 8.74. The minimum Gasteiger partial charge on any atom is -0.493 e. The zero-order valence-electron chi connectivity index (χ0n) is 18.9. The standard InChI is InChI=1S/C25H30INO3Si/c1-29-23-16-18-13-14-27(25(28)19-10-6-7-11-21(19)26)22(20(18)17-24(23)30-2)12-8-9-15-31(3,4)5/h6-7,10-11,16-17,22H,8,12-14H2,1-5H3. The van der Waals surface area contributed by atoms with Gasteiger partial charge in [-0.25, -0.2) is 0 Å². The Kier molecular flexibility index (Phi) is 7.71. The summed E-state index contributed by atoms with van der Waals surface area (Å²) >= 11 is 2.24. The SMILES string of the molecule is COc1cc2c(cc1OC)C(CCC#C[Si](C)(C)C)N(C(=O)c1ccccc1I)CC2. The quantitative estimate of drug-likeness (QED) is 0.274. The molecular formula is C25H30INO3Si. The van der Waals surface area contributed by atoms with E-state index in [1.165, 1.54) is 5.56 Å². The van der Waals surface area contributed by atoms with Crippen LogP contribution in [0.2, 0.25) is 19.6 Å². The Bertz CT molecular complexity index is 1020. The molecule has 164 valence electrons. The number of benzene rings is 2. The highest BCUT2D eigenvalue weighted by atomic mass is 127. The molecule has 0 radical (unpaired) electrons. The Labute approximate surface area is 200 Å². The van der Waals surface area contributed by atoms with Gasteiger partial charge in [0, 0.05) is 16.5 Å².